The Morgan fingerprint density at radius 2 is 1.61 bits per heavy atom. The lowest BCUT2D eigenvalue weighted by Gasteiger charge is -2.35. The van der Waals surface area contributed by atoms with Crippen molar-refractivity contribution in [1.82, 2.24) is 9.88 Å². The van der Waals surface area contributed by atoms with Crippen LogP contribution in [-0.4, -0.2) is 47.9 Å². The maximum atomic E-state index is 12.5. The predicted octanol–water partition coefficient (Wildman–Crippen LogP) is 3.30. The first kappa shape index (κ1) is 19.9. The van der Waals surface area contributed by atoms with Gasteiger partial charge in [-0.2, -0.15) is 0 Å². The Kier molecular flexibility index (Phi) is 5.68. The standard InChI is InChI=1S/C22H28N4O2/c1-16(27)25-11-13-26(14-12-25)19-9-10-20(23-15-19)24-21(28)17-5-7-18(8-6-17)22(2,3)4/h5-10,15H,11-14H2,1-4H3,(H,23,24,28). The summed E-state index contributed by atoms with van der Waals surface area (Å²) in [6.07, 6.45) is 1.77. The molecule has 28 heavy (non-hydrogen) atoms. The fraction of sp³-hybridized carbons (Fsp3) is 0.409. The Hall–Kier alpha value is -2.89. The average molecular weight is 380 g/mol. The molecular formula is C22H28N4O2. The molecule has 2 aromatic rings. The van der Waals surface area contributed by atoms with Gasteiger partial charge in [0.15, 0.2) is 0 Å². The van der Waals surface area contributed by atoms with Gasteiger partial charge >= 0.3 is 0 Å². The van der Waals surface area contributed by atoms with Gasteiger partial charge < -0.3 is 15.1 Å². The highest BCUT2D eigenvalue weighted by Crippen LogP contribution is 2.22. The quantitative estimate of drug-likeness (QED) is 0.887. The molecule has 6 heteroatoms. The molecule has 3 rings (SSSR count). The van der Waals surface area contributed by atoms with Gasteiger partial charge in [-0.1, -0.05) is 32.9 Å². The van der Waals surface area contributed by atoms with Crippen molar-refractivity contribution < 1.29 is 9.59 Å². The van der Waals surface area contributed by atoms with E-state index in [4.69, 9.17) is 0 Å². The molecule has 6 nitrogen and oxygen atoms in total. The zero-order valence-corrected chi connectivity index (χ0v) is 17.0. The lowest BCUT2D eigenvalue weighted by atomic mass is 9.87. The second kappa shape index (κ2) is 8.00. The van der Waals surface area contributed by atoms with E-state index < -0.39 is 0 Å². The Bertz CT molecular complexity index is 830. The molecule has 0 bridgehead atoms. The van der Waals surface area contributed by atoms with Crippen LogP contribution in [0.1, 0.15) is 43.6 Å². The molecule has 0 atom stereocenters. The van der Waals surface area contributed by atoms with E-state index in [-0.39, 0.29) is 17.2 Å². The third-order valence-corrected chi connectivity index (χ3v) is 5.09. The zero-order valence-electron chi connectivity index (χ0n) is 17.0. The number of nitrogens with one attached hydrogen (secondary N) is 1. The number of hydrogen-bond donors (Lipinski definition) is 1. The van der Waals surface area contributed by atoms with Crippen molar-refractivity contribution in [2.24, 2.45) is 0 Å². The van der Waals surface area contributed by atoms with Gasteiger partial charge in [-0.05, 0) is 35.2 Å². The van der Waals surface area contributed by atoms with E-state index in [1.807, 2.05) is 41.3 Å². The molecule has 0 spiro atoms. The average Bonchev–Trinajstić information content (AvgIpc) is 2.68. The summed E-state index contributed by atoms with van der Waals surface area (Å²) in [5.41, 5.74) is 2.86. The minimum atomic E-state index is -0.171. The normalized spacial score (nSPS) is 14.7. The van der Waals surface area contributed by atoms with Crippen molar-refractivity contribution in [2.45, 2.75) is 33.1 Å². The fourth-order valence-electron chi connectivity index (χ4n) is 3.24. The van der Waals surface area contributed by atoms with Crippen molar-refractivity contribution in [1.29, 1.82) is 0 Å². The number of aromatic nitrogens is 1. The molecule has 148 valence electrons. The Balaban J connectivity index is 1.60. The van der Waals surface area contributed by atoms with Gasteiger partial charge in [0, 0.05) is 38.7 Å². The molecule has 0 unspecified atom stereocenters. The number of anilines is 2. The number of carbonyl (C=O) groups is 2. The van der Waals surface area contributed by atoms with Gasteiger partial charge in [-0.25, -0.2) is 4.98 Å². The van der Waals surface area contributed by atoms with Gasteiger partial charge in [0.1, 0.15) is 5.82 Å². The molecule has 1 saturated heterocycles. The number of piperazine rings is 1. The molecule has 2 heterocycles. The maximum absolute atomic E-state index is 12.5. The molecule has 0 aliphatic carbocycles. The van der Waals surface area contributed by atoms with E-state index in [9.17, 15) is 9.59 Å². The van der Waals surface area contributed by atoms with E-state index >= 15 is 0 Å². The molecule has 1 aliphatic rings. The van der Waals surface area contributed by atoms with Crippen molar-refractivity contribution in [3.8, 4) is 0 Å². The van der Waals surface area contributed by atoms with Crippen LogP contribution in [0.15, 0.2) is 42.6 Å². The van der Waals surface area contributed by atoms with Crippen LogP contribution in [0.25, 0.3) is 0 Å². The maximum Gasteiger partial charge on any atom is 0.256 e. The summed E-state index contributed by atoms with van der Waals surface area (Å²) in [5.74, 6) is 0.471. The number of nitrogens with zero attached hydrogens (tertiary/aromatic N) is 3. The molecule has 1 N–H and O–H groups in total. The van der Waals surface area contributed by atoms with E-state index in [0.717, 1.165) is 31.9 Å². The largest absolute Gasteiger partial charge is 0.367 e. The Morgan fingerprint density at radius 3 is 2.11 bits per heavy atom. The summed E-state index contributed by atoms with van der Waals surface area (Å²) in [6, 6.07) is 11.4. The molecular weight excluding hydrogens is 352 g/mol. The third kappa shape index (κ3) is 4.68. The summed E-state index contributed by atoms with van der Waals surface area (Å²) in [7, 11) is 0. The second-order valence-corrected chi connectivity index (χ2v) is 8.18. The minimum Gasteiger partial charge on any atom is -0.367 e. The van der Waals surface area contributed by atoms with Crippen molar-refractivity contribution in [3.63, 3.8) is 0 Å². The number of rotatable bonds is 3. The molecule has 1 fully saturated rings. The SMILES string of the molecule is CC(=O)N1CCN(c2ccc(NC(=O)c3ccc(C(C)(C)C)cc3)nc2)CC1. The van der Waals surface area contributed by atoms with Crippen LogP contribution in [-0.2, 0) is 10.2 Å². The zero-order chi connectivity index (χ0) is 20.3. The summed E-state index contributed by atoms with van der Waals surface area (Å²) in [5, 5.41) is 2.85. The smallest absolute Gasteiger partial charge is 0.256 e. The number of hydrogen-bond acceptors (Lipinski definition) is 4. The van der Waals surface area contributed by atoms with E-state index in [1.54, 1.807) is 13.1 Å². The number of carbonyl (C=O) groups excluding carboxylic acids is 2. The van der Waals surface area contributed by atoms with E-state index in [0.29, 0.717) is 11.4 Å². The molecule has 0 radical (unpaired) electrons. The van der Waals surface area contributed by atoms with Gasteiger partial charge in [0.25, 0.3) is 5.91 Å². The summed E-state index contributed by atoms with van der Waals surface area (Å²) >= 11 is 0. The molecule has 1 aromatic heterocycles. The van der Waals surface area contributed by atoms with Gasteiger partial charge in [-0.3, -0.25) is 9.59 Å². The van der Waals surface area contributed by atoms with Crippen LogP contribution < -0.4 is 10.2 Å². The summed E-state index contributed by atoms with van der Waals surface area (Å²) in [4.78, 5) is 32.3. The highest BCUT2D eigenvalue weighted by molar-refractivity contribution is 6.03. The van der Waals surface area contributed by atoms with Crippen molar-refractivity contribution in [3.05, 3.63) is 53.7 Å². The highest BCUT2D eigenvalue weighted by Gasteiger charge is 2.19. The predicted molar refractivity (Wildman–Crippen MR) is 112 cm³/mol. The lowest BCUT2D eigenvalue weighted by Crippen LogP contribution is -2.48. The van der Waals surface area contributed by atoms with Gasteiger partial charge in [0.05, 0.1) is 11.9 Å². The first-order valence-electron chi connectivity index (χ1n) is 9.62. The van der Waals surface area contributed by atoms with Crippen LogP contribution in [0.3, 0.4) is 0 Å². The van der Waals surface area contributed by atoms with Crippen LogP contribution in [0, 0.1) is 0 Å². The number of benzene rings is 1. The van der Waals surface area contributed by atoms with Crippen LogP contribution >= 0.6 is 0 Å². The Morgan fingerprint density at radius 1 is 0.964 bits per heavy atom. The van der Waals surface area contributed by atoms with Crippen LogP contribution in [0.4, 0.5) is 11.5 Å². The van der Waals surface area contributed by atoms with Crippen molar-refractivity contribution >= 4 is 23.3 Å². The lowest BCUT2D eigenvalue weighted by molar-refractivity contribution is -0.129. The number of pyridine rings is 1. The molecule has 1 aromatic carbocycles. The summed E-state index contributed by atoms with van der Waals surface area (Å²) < 4.78 is 0. The third-order valence-electron chi connectivity index (χ3n) is 5.09. The highest BCUT2D eigenvalue weighted by atomic mass is 16.2. The monoisotopic (exact) mass is 380 g/mol. The van der Waals surface area contributed by atoms with Crippen molar-refractivity contribution in [2.75, 3.05) is 36.4 Å². The molecule has 1 aliphatic heterocycles. The van der Waals surface area contributed by atoms with Crippen LogP contribution in [0.2, 0.25) is 0 Å². The minimum absolute atomic E-state index is 0.0578. The van der Waals surface area contributed by atoms with E-state index in [1.165, 1.54) is 5.56 Å². The second-order valence-electron chi connectivity index (χ2n) is 8.18. The Labute approximate surface area is 166 Å². The van der Waals surface area contributed by atoms with E-state index in [2.05, 4.69) is 36.0 Å². The van der Waals surface area contributed by atoms with Gasteiger partial charge in [-0.15, -0.1) is 0 Å². The first-order chi connectivity index (χ1) is 13.2. The topological polar surface area (TPSA) is 65.5 Å². The number of amides is 2. The first-order valence-corrected chi connectivity index (χ1v) is 9.62. The van der Waals surface area contributed by atoms with Gasteiger partial charge in [0.2, 0.25) is 5.91 Å². The fourth-order valence-corrected chi connectivity index (χ4v) is 3.24. The molecule has 2 amide bonds. The van der Waals surface area contributed by atoms with Crippen LogP contribution in [0.5, 0.6) is 0 Å². The molecule has 0 saturated carbocycles. The summed E-state index contributed by atoms with van der Waals surface area (Å²) in [6.45, 7) is 11.1.